The summed E-state index contributed by atoms with van der Waals surface area (Å²) >= 11 is 0. The molecule has 0 unspecified atom stereocenters. The van der Waals surface area contributed by atoms with E-state index in [-0.39, 0.29) is 0 Å². The third-order valence-electron chi connectivity index (χ3n) is 6.58. The minimum absolute atomic E-state index is 0.759. The van der Waals surface area contributed by atoms with Crippen molar-refractivity contribution in [1.29, 1.82) is 0 Å². The lowest BCUT2D eigenvalue weighted by Crippen LogP contribution is -2.36. The molecule has 0 amide bonds. The maximum absolute atomic E-state index is 5.45. The van der Waals surface area contributed by atoms with Crippen molar-refractivity contribution in [3.05, 3.63) is 60.4 Å². The quantitative estimate of drug-likeness (QED) is 0.469. The van der Waals surface area contributed by atoms with Crippen LogP contribution in [-0.4, -0.2) is 52.4 Å². The molecule has 3 aromatic heterocycles. The molecule has 174 valence electrons. The molecule has 2 N–H and O–H groups in total. The van der Waals surface area contributed by atoms with Crippen LogP contribution in [-0.2, 0) is 11.2 Å². The van der Waals surface area contributed by atoms with Gasteiger partial charge in [0.05, 0.1) is 37.0 Å². The number of aromatic nitrogens is 4. The summed E-state index contributed by atoms with van der Waals surface area (Å²) in [6.45, 7) is 4.33. The Morgan fingerprint density at radius 3 is 2.79 bits per heavy atom. The number of nitrogens with one attached hydrogen (secondary N) is 2. The molecular weight excluding hydrogens is 426 g/mol. The Morgan fingerprint density at radius 2 is 1.91 bits per heavy atom. The first-order valence-corrected chi connectivity index (χ1v) is 12.1. The fraction of sp³-hybridized carbons (Fsp3) is 0.346. The molecule has 2 aliphatic rings. The van der Waals surface area contributed by atoms with Crippen LogP contribution in [0.5, 0.6) is 0 Å². The van der Waals surface area contributed by atoms with Gasteiger partial charge in [0.2, 0.25) is 0 Å². The molecule has 2 aliphatic heterocycles. The molecular formula is C26H29N7O. The highest BCUT2D eigenvalue weighted by atomic mass is 16.5. The lowest BCUT2D eigenvalue weighted by Gasteiger charge is -2.28. The maximum atomic E-state index is 5.45. The Balaban J connectivity index is 1.30. The average Bonchev–Trinajstić information content (AvgIpc) is 3.35. The van der Waals surface area contributed by atoms with Crippen molar-refractivity contribution in [1.82, 2.24) is 19.6 Å². The van der Waals surface area contributed by atoms with E-state index in [1.165, 1.54) is 30.5 Å². The maximum Gasteiger partial charge on any atom is 0.157 e. The van der Waals surface area contributed by atoms with Gasteiger partial charge in [0.1, 0.15) is 11.6 Å². The number of benzene rings is 1. The van der Waals surface area contributed by atoms with E-state index in [0.717, 1.165) is 73.5 Å². The van der Waals surface area contributed by atoms with Gasteiger partial charge in [-0.2, -0.15) is 9.61 Å². The molecule has 0 atom stereocenters. The van der Waals surface area contributed by atoms with E-state index in [9.17, 15) is 0 Å². The predicted octanol–water partition coefficient (Wildman–Crippen LogP) is 4.51. The van der Waals surface area contributed by atoms with Crippen molar-refractivity contribution in [3.63, 3.8) is 0 Å². The third kappa shape index (κ3) is 4.28. The van der Waals surface area contributed by atoms with E-state index in [0.29, 0.717) is 0 Å². The van der Waals surface area contributed by atoms with Gasteiger partial charge in [-0.05, 0) is 43.0 Å². The van der Waals surface area contributed by atoms with E-state index in [1.807, 2.05) is 28.9 Å². The second kappa shape index (κ2) is 9.30. The van der Waals surface area contributed by atoms with Crippen LogP contribution in [0.2, 0.25) is 0 Å². The van der Waals surface area contributed by atoms with Crippen LogP contribution in [0.3, 0.4) is 0 Å². The largest absolute Gasteiger partial charge is 0.385 e. The Labute approximate surface area is 199 Å². The molecule has 4 aromatic rings. The highest BCUT2D eigenvalue weighted by molar-refractivity contribution is 5.72. The standard InChI is InChI=1S/C26H29N7O/c1-2-4-19-5-6-20(16-22(19)27-10-3-1)23-17-26(33-25(30-23)9-11-29-33)31-24-8-7-21(18-28-24)32-12-14-34-15-13-32/h5-9,11,16-18,27H,1-4,10,12-15H2,(H,28,31). The Hall–Kier alpha value is -3.65. The second-order valence-electron chi connectivity index (χ2n) is 8.86. The van der Waals surface area contributed by atoms with Gasteiger partial charge in [-0.25, -0.2) is 9.97 Å². The molecule has 5 heterocycles. The van der Waals surface area contributed by atoms with Gasteiger partial charge in [-0.3, -0.25) is 0 Å². The fourth-order valence-corrected chi connectivity index (χ4v) is 4.71. The van der Waals surface area contributed by atoms with Gasteiger partial charge in [-0.15, -0.1) is 0 Å². The van der Waals surface area contributed by atoms with Crippen LogP contribution in [0.25, 0.3) is 16.9 Å². The van der Waals surface area contributed by atoms with E-state index in [2.05, 4.69) is 49.9 Å². The number of hydrogen-bond donors (Lipinski definition) is 2. The molecule has 8 nitrogen and oxygen atoms in total. The Kier molecular flexibility index (Phi) is 5.73. The molecule has 1 saturated heterocycles. The number of fused-ring (bicyclic) bond motifs is 2. The Morgan fingerprint density at radius 1 is 0.971 bits per heavy atom. The van der Waals surface area contributed by atoms with Gasteiger partial charge in [0, 0.05) is 43.0 Å². The van der Waals surface area contributed by atoms with Crippen LogP contribution in [0.1, 0.15) is 24.8 Å². The first kappa shape index (κ1) is 20.9. The summed E-state index contributed by atoms with van der Waals surface area (Å²) in [7, 11) is 0. The van der Waals surface area contributed by atoms with Crippen molar-refractivity contribution >= 4 is 28.7 Å². The molecule has 0 radical (unpaired) electrons. The third-order valence-corrected chi connectivity index (χ3v) is 6.58. The number of anilines is 4. The second-order valence-corrected chi connectivity index (χ2v) is 8.86. The summed E-state index contributed by atoms with van der Waals surface area (Å²) in [5, 5.41) is 11.5. The number of aryl methyl sites for hydroxylation is 1. The van der Waals surface area contributed by atoms with Gasteiger partial charge >= 0.3 is 0 Å². The SMILES string of the molecule is c1cc2nc(-c3ccc4c(c3)NCCCCC4)cc(Nc3ccc(N4CCOCC4)cn3)n2n1. The predicted molar refractivity (Wildman–Crippen MR) is 135 cm³/mol. The van der Waals surface area contributed by atoms with Crippen LogP contribution < -0.4 is 15.5 Å². The summed E-state index contributed by atoms with van der Waals surface area (Å²) in [5.74, 6) is 1.60. The van der Waals surface area contributed by atoms with Crippen LogP contribution >= 0.6 is 0 Å². The molecule has 8 heteroatoms. The first-order valence-electron chi connectivity index (χ1n) is 12.1. The number of nitrogens with zero attached hydrogens (tertiary/aromatic N) is 5. The monoisotopic (exact) mass is 455 g/mol. The van der Waals surface area contributed by atoms with Crippen LogP contribution in [0.4, 0.5) is 23.0 Å². The van der Waals surface area contributed by atoms with Gasteiger partial charge in [0.15, 0.2) is 5.65 Å². The lowest BCUT2D eigenvalue weighted by atomic mass is 9.99. The topological polar surface area (TPSA) is 79.6 Å². The summed E-state index contributed by atoms with van der Waals surface area (Å²) < 4.78 is 7.27. The summed E-state index contributed by atoms with van der Waals surface area (Å²) in [4.78, 5) is 11.8. The molecule has 0 saturated carbocycles. The molecule has 34 heavy (non-hydrogen) atoms. The summed E-state index contributed by atoms with van der Waals surface area (Å²) in [5.41, 5.74) is 6.52. The average molecular weight is 456 g/mol. The van der Waals surface area contributed by atoms with E-state index in [4.69, 9.17) is 9.72 Å². The lowest BCUT2D eigenvalue weighted by molar-refractivity contribution is 0.122. The molecule has 1 fully saturated rings. The smallest absolute Gasteiger partial charge is 0.157 e. The molecule has 0 bridgehead atoms. The van der Waals surface area contributed by atoms with Crippen molar-refractivity contribution in [2.45, 2.75) is 25.7 Å². The number of pyridine rings is 1. The van der Waals surface area contributed by atoms with Crippen LogP contribution in [0.15, 0.2) is 54.9 Å². The molecule has 6 rings (SSSR count). The molecule has 1 aromatic carbocycles. The van der Waals surface area contributed by atoms with Crippen molar-refractivity contribution in [2.24, 2.45) is 0 Å². The summed E-state index contributed by atoms with van der Waals surface area (Å²) in [6, 6.07) is 14.7. The van der Waals surface area contributed by atoms with Crippen molar-refractivity contribution in [3.8, 4) is 11.3 Å². The minimum atomic E-state index is 0.759. The zero-order valence-corrected chi connectivity index (χ0v) is 19.2. The zero-order chi connectivity index (χ0) is 22.7. The molecule has 0 spiro atoms. The first-order chi connectivity index (χ1) is 16.8. The number of morpholine rings is 1. The number of hydrogen-bond acceptors (Lipinski definition) is 7. The van der Waals surface area contributed by atoms with Gasteiger partial charge < -0.3 is 20.3 Å². The van der Waals surface area contributed by atoms with Crippen LogP contribution in [0, 0.1) is 0 Å². The Bertz CT molecular complexity index is 1280. The van der Waals surface area contributed by atoms with Gasteiger partial charge in [0.25, 0.3) is 0 Å². The number of ether oxygens (including phenoxy) is 1. The highest BCUT2D eigenvalue weighted by Crippen LogP contribution is 2.30. The fourth-order valence-electron chi connectivity index (χ4n) is 4.71. The number of rotatable bonds is 4. The van der Waals surface area contributed by atoms with E-state index >= 15 is 0 Å². The zero-order valence-electron chi connectivity index (χ0n) is 19.2. The van der Waals surface area contributed by atoms with Crippen molar-refractivity contribution in [2.75, 3.05) is 48.4 Å². The summed E-state index contributed by atoms with van der Waals surface area (Å²) in [6.07, 6.45) is 8.56. The minimum Gasteiger partial charge on any atom is -0.385 e. The van der Waals surface area contributed by atoms with Crippen molar-refractivity contribution < 1.29 is 4.74 Å². The van der Waals surface area contributed by atoms with E-state index < -0.39 is 0 Å². The highest BCUT2D eigenvalue weighted by Gasteiger charge is 2.14. The van der Waals surface area contributed by atoms with Gasteiger partial charge in [-0.1, -0.05) is 18.6 Å². The van der Waals surface area contributed by atoms with E-state index in [1.54, 1.807) is 6.20 Å². The normalized spacial score (nSPS) is 16.4. The molecule has 0 aliphatic carbocycles.